The van der Waals surface area contributed by atoms with Crippen LogP contribution in [0.1, 0.15) is 39.0 Å². The molecule has 0 aromatic carbocycles. The maximum atomic E-state index is 9.78. The van der Waals surface area contributed by atoms with E-state index in [-0.39, 0.29) is 5.60 Å². The molecule has 2 rings (SSSR count). The Morgan fingerprint density at radius 1 is 1.64 bits per heavy atom. The minimum atomic E-state index is -0.388. The lowest BCUT2D eigenvalue weighted by Crippen LogP contribution is -2.18. The predicted molar refractivity (Wildman–Crippen MR) is 45.3 cm³/mol. The molecule has 0 radical (unpaired) electrons. The SMILES string of the molecule is CC1(O)CC2=CCCCC2C1. The fraction of sp³-hybridized carbons (Fsp3) is 0.800. The normalized spacial score (nSPS) is 43.5. The summed E-state index contributed by atoms with van der Waals surface area (Å²) in [6.45, 7) is 1.96. The average molecular weight is 152 g/mol. The molecule has 0 spiro atoms. The van der Waals surface area contributed by atoms with Crippen molar-refractivity contribution < 1.29 is 5.11 Å². The van der Waals surface area contributed by atoms with Crippen LogP contribution >= 0.6 is 0 Å². The molecule has 11 heavy (non-hydrogen) atoms. The minimum absolute atomic E-state index is 0.388. The van der Waals surface area contributed by atoms with Gasteiger partial charge in [-0.05, 0) is 44.9 Å². The van der Waals surface area contributed by atoms with E-state index in [0.717, 1.165) is 18.8 Å². The lowest BCUT2D eigenvalue weighted by atomic mass is 9.90. The lowest BCUT2D eigenvalue weighted by Gasteiger charge is -2.16. The van der Waals surface area contributed by atoms with Crippen molar-refractivity contribution in [3.63, 3.8) is 0 Å². The first kappa shape index (κ1) is 7.35. The van der Waals surface area contributed by atoms with Crippen LogP contribution in [-0.4, -0.2) is 10.7 Å². The van der Waals surface area contributed by atoms with Crippen LogP contribution in [0.2, 0.25) is 0 Å². The maximum Gasteiger partial charge on any atom is 0.0662 e. The molecule has 0 aliphatic heterocycles. The second-order valence-corrected chi connectivity index (χ2v) is 4.28. The highest BCUT2D eigenvalue weighted by molar-refractivity contribution is 5.19. The van der Waals surface area contributed by atoms with Crippen molar-refractivity contribution in [1.82, 2.24) is 0 Å². The fourth-order valence-corrected chi connectivity index (χ4v) is 2.50. The molecule has 62 valence electrons. The summed E-state index contributed by atoms with van der Waals surface area (Å²) in [6, 6.07) is 0. The van der Waals surface area contributed by atoms with Crippen molar-refractivity contribution in [3.05, 3.63) is 11.6 Å². The minimum Gasteiger partial charge on any atom is -0.390 e. The molecule has 1 saturated carbocycles. The largest absolute Gasteiger partial charge is 0.390 e. The van der Waals surface area contributed by atoms with Crippen LogP contribution in [0.5, 0.6) is 0 Å². The van der Waals surface area contributed by atoms with Gasteiger partial charge in [0.1, 0.15) is 0 Å². The first-order valence-corrected chi connectivity index (χ1v) is 4.59. The van der Waals surface area contributed by atoms with Gasteiger partial charge in [0, 0.05) is 0 Å². The summed E-state index contributed by atoms with van der Waals surface area (Å²) in [4.78, 5) is 0. The number of allylic oxidation sites excluding steroid dienone is 1. The summed E-state index contributed by atoms with van der Waals surface area (Å²) in [6.07, 6.45) is 8.14. The molecular formula is C10H16O. The second-order valence-electron chi connectivity index (χ2n) is 4.28. The van der Waals surface area contributed by atoms with Crippen LogP contribution < -0.4 is 0 Å². The van der Waals surface area contributed by atoms with Gasteiger partial charge in [-0.1, -0.05) is 11.6 Å². The van der Waals surface area contributed by atoms with Crippen molar-refractivity contribution in [2.24, 2.45) is 5.92 Å². The van der Waals surface area contributed by atoms with Gasteiger partial charge in [-0.25, -0.2) is 0 Å². The number of aliphatic hydroxyl groups is 1. The first-order chi connectivity index (χ1) is 5.17. The zero-order valence-corrected chi connectivity index (χ0v) is 7.14. The van der Waals surface area contributed by atoms with Gasteiger partial charge in [0.05, 0.1) is 5.60 Å². The highest BCUT2D eigenvalue weighted by Gasteiger charge is 2.37. The zero-order valence-electron chi connectivity index (χ0n) is 7.14. The van der Waals surface area contributed by atoms with Gasteiger partial charge in [-0.15, -0.1) is 0 Å². The van der Waals surface area contributed by atoms with Crippen molar-refractivity contribution >= 4 is 0 Å². The summed E-state index contributed by atoms with van der Waals surface area (Å²) in [7, 11) is 0. The van der Waals surface area contributed by atoms with Gasteiger partial charge >= 0.3 is 0 Å². The van der Waals surface area contributed by atoms with E-state index in [2.05, 4.69) is 6.08 Å². The highest BCUT2D eigenvalue weighted by atomic mass is 16.3. The molecule has 0 aromatic rings. The summed E-state index contributed by atoms with van der Waals surface area (Å²) >= 11 is 0. The van der Waals surface area contributed by atoms with Crippen LogP contribution in [0.4, 0.5) is 0 Å². The van der Waals surface area contributed by atoms with Crippen LogP contribution in [0.15, 0.2) is 11.6 Å². The molecular weight excluding hydrogens is 136 g/mol. The molecule has 0 heterocycles. The number of hydrogen-bond donors (Lipinski definition) is 1. The molecule has 1 N–H and O–H groups in total. The lowest BCUT2D eigenvalue weighted by molar-refractivity contribution is 0.0646. The van der Waals surface area contributed by atoms with E-state index in [4.69, 9.17) is 0 Å². The van der Waals surface area contributed by atoms with E-state index < -0.39 is 0 Å². The van der Waals surface area contributed by atoms with Gasteiger partial charge in [-0.3, -0.25) is 0 Å². The van der Waals surface area contributed by atoms with Crippen LogP contribution in [-0.2, 0) is 0 Å². The third kappa shape index (κ3) is 1.34. The van der Waals surface area contributed by atoms with E-state index in [1.165, 1.54) is 24.8 Å². The van der Waals surface area contributed by atoms with Gasteiger partial charge in [0.15, 0.2) is 0 Å². The third-order valence-corrected chi connectivity index (χ3v) is 2.96. The van der Waals surface area contributed by atoms with Gasteiger partial charge in [0.2, 0.25) is 0 Å². The average Bonchev–Trinajstić information content (AvgIpc) is 2.21. The van der Waals surface area contributed by atoms with E-state index in [1.807, 2.05) is 6.92 Å². The number of rotatable bonds is 0. The van der Waals surface area contributed by atoms with Crippen LogP contribution in [0.3, 0.4) is 0 Å². The zero-order chi connectivity index (χ0) is 7.90. The standard InChI is InChI=1S/C10H16O/c1-10(11)6-8-4-2-3-5-9(8)7-10/h4,9,11H,2-3,5-7H2,1H3. The van der Waals surface area contributed by atoms with E-state index in [9.17, 15) is 5.11 Å². The van der Waals surface area contributed by atoms with Crippen molar-refractivity contribution in [3.8, 4) is 0 Å². The Balaban J connectivity index is 2.17. The predicted octanol–water partition coefficient (Wildman–Crippen LogP) is 2.26. The van der Waals surface area contributed by atoms with Gasteiger partial charge < -0.3 is 5.11 Å². The topological polar surface area (TPSA) is 20.2 Å². The molecule has 0 aromatic heterocycles. The smallest absolute Gasteiger partial charge is 0.0662 e. The molecule has 0 bridgehead atoms. The Morgan fingerprint density at radius 2 is 2.45 bits per heavy atom. The monoisotopic (exact) mass is 152 g/mol. The maximum absolute atomic E-state index is 9.78. The Labute approximate surface area is 68.1 Å². The second kappa shape index (κ2) is 2.34. The molecule has 2 aliphatic carbocycles. The van der Waals surface area contributed by atoms with E-state index >= 15 is 0 Å². The number of fused-ring (bicyclic) bond motifs is 1. The molecule has 0 amide bonds. The van der Waals surface area contributed by atoms with Crippen LogP contribution in [0, 0.1) is 5.92 Å². The summed E-state index contributed by atoms with van der Waals surface area (Å²) < 4.78 is 0. The molecule has 1 heteroatoms. The molecule has 1 nitrogen and oxygen atoms in total. The summed E-state index contributed by atoms with van der Waals surface area (Å²) in [5.41, 5.74) is 1.14. The van der Waals surface area contributed by atoms with Crippen LogP contribution in [0.25, 0.3) is 0 Å². The Kier molecular flexibility index (Phi) is 1.57. The van der Waals surface area contributed by atoms with Gasteiger partial charge in [-0.2, -0.15) is 0 Å². The third-order valence-electron chi connectivity index (χ3n) is 2.96. The molecule has 0 saturated heterocycles. The molecule has 2 unspecified atom stereocenters. The molecule has 1 fully saturated rings. The first-order valence-electron chi connectivity index (χ1n) is 4.59. The molecule has 2 atom stereocenters. The van der Waals surface area contributed by atoms with Crippen molar-refractivity contribution in [2.75, 3.05) is 0 Å². The Morgan fingerprint density at radius 3 is 3.18 bits per heavy atom. The Bertz CT molecular complexity index is 191. The van der Waals surface area contributed by atoms with Crippen molar-refractivity contribution in [1.29, 1.82) is 0 Å². The van der Waals surface area contributed by atoms with E-state index in [0.29, 0.717) is 0 Å². The van der Waals surface area contributed by atoms with Gasteiger partial charge in [0.25, 0.3) is 0 Å². The van der Waals surface area contributed by atoms with Crippen molar-refractivity contribution in [2.45, 2.75) is 44.6 Å². The molecule has 2 aliphatic rings. The van der Waals surface area contributed by atoms with E-state index in [1.54, 1.807) is 0 Å². The number of hydrogen-bond acceptors (Lipinski definition) is 1. The quantitative estimate of drug-likeness (QED) is 0.528. The summed E-state index contributed by atoms with van der Waals surface area (Å²) in [5, 5.41) is 9.78. The highest BCUT2D eigenvalue weighted by Crippen LogP contribution is 2.43. The summed E-state index contributed by atoms with van der Waals surface area (Å²) in [5.74, 6) is 0.721. The fourth-order valence-electron chi connectivity index (χ4n) is 2.50. The Hall–Kier alpha value is -0.300.